The third kappa shape index (κ3) is 2.14. The van der Waals surface area contributed by atoms with Crippen molar-refractivity contribution in [2.24, 2.45) is 5.92 Å². The minimum absolute atomic E-state index is 0.527. The lowest BCUT2D eigenvalue weighted by Crippen LogP contribution is -2.19. The van der Waals surface area contributed by atoms with E-state index in [4.69, 9.17) is 17.5 Å². The van der Waals surface area contributed by atoms with Crippen molar-refractivity contribution < 1.29 is 0 Å². The standard InChI is InChI=1S/C14H18N2S/c1-8(2)11-5-4-9(3)12-6-10(7-15)14(17)16-13(11)12/h6,8-9,11H,4-5H2,1-3H3,(H,16,17)/t9-,11-/m0/s1. The van der Waals surface area contributed by atoms with E-state index in [0.717, 1.165) is 0 Å². The second-order valence-corrected chi connectivity index (χ2v) is 5.73. The summed E-state index contributed by atoms with van der Waals surface area (Å²) >= 11 is 5.24. The maximum absolute atomic E-state index is 9.04. The van der Waals surface area contributed by atoms with Gasteiger partial charge in [-0.15, -0.1) is 0 Å². The van der Waals surface area contributed by atoms with E-state index in [1.165, 1.54) is 24.1 Å². The van der Waals surface area contributed by atoms with Crippen LogP contribution in [0.5, 0.6) is 0 Å². The molecule has 1 heterocycles. The molecular weight excluding hydrogens is 228 g/mol. The summed E-state index contributed by atoms with van der Waals surface area (Å²) in [6.07, 6.45) is 2.41. The summed E-state index contributed by atoms with van der Waals surface area (Å²) < 4.78 is 0.589. The Bertz CT molecular complexity index is 522. The Morgan fingerprint density at radius 2 is 2.18 bits per heavy atom. The van der Waals surface area contributed by atoms with E-state index in [9.17, 15) is 0 Å². The molecule has 17 heavy (non-hydrogen) atoms. The Hall–Kier alpha value is -1.14. The second-order valence-electron chi connectivity index (χ2n) is 5.32. The van der Waals surface area contributed by atoms with Crippen molar-refractivity contribution in [1.82, 2.24) is 4.98 Å². The Morgan fingerprint density at radius 1 is 1.47 bits per heavy atom. The van der Waals surface area contributed by atoms with Gasteiger partial charge >= 0.3 is 0 Å². The number of hydrogen-bond acceptors (Lipinski definition) is 2. The molecule has 0 fully saturated rings. The van der Waals surface area contributed by atoms with Crippen LogP contribution in [0.3, 0.4) is 0 Å². The Labute approximate surface area is 108 Å². The second kappa shape index (κ2) is 4.62. The molecule has 0 bridgehead atoms. The van der Waals surface area contributed by atoms with Crippen LogP contribution in [-0.2, 0) is 0 Å². The summed E-state index contributed by atoms with van der Waals surface area (Å²) in [4.78, 5) is 3.30. The van der Waals surface area contributed by atoms with Gasteiger partial charge in [0.15, 0.2) is 0 Å². The van der Waals surface area contributed by atoms with Crippen LogP contribution in [0.2, 0.25) is 0 Å². The Morgan fingerprint density at radius 3 is 2.76 bits per heavy atom. The molecular formula is C14H18N2S. The summed E-state index contributed by atoms with van der Waals surface area (Å²) in [6, 6.07) is 4.17. The zero-order valence-electron chi connectivity index (χ0n) is 10.6. The maximum Gasteiger partial charge on any atom is 0.121 e. The molecule has 3 heteroatoms. The lowest BCUT2D eigenvalue weighted by Gasteiger charge is -2.32. The molecule has 1 aromatic heterocycles. The summed E-state index contributed by atoms with van der Waals surface area (Å²) in [5.41, 5.74) is 3.16. The average Bonchev–Trinajstić information content (AvgIpc) is 2.28. The highest BCUT2D eigenvalue weighted by atomic mass is 32.1. The van der Waals surface area contributed by atoms with Gasteiger partial charge in [0.2, 0.25) is 0 Å². The van der Waals surface area contributed by atoms with Gasteiger partial charge in [0.25, 0.3) is 0 Å². The van der Waals surface area contributed by atoms with Crippen LogP contribution in [0.4, 0.5) is 0 Å². The fourth-order valence-corrected chi connectivity index (χ4v) is 2.97. The number of pyridine rings is 1. The van der Waals surface area contributed by atoms with Crippen LogP contribution >= 0.6 is 12.2 Å². The molecule has 1 aromatic rings. The van der Waals surface area contributed by atoms with Gasteiger partial charge in [0.1, 0.15) is 10.7 Å². The monoisotopic (exact) mass is 246 g/mol. The predicted octanol–water partition coefficient (Wildman–Crippen LogP) is 4.25. The Balaban J connectivity index is 2.61. The van der Waals surface area contributed by atoms with Gasteiger partial charge in [-0.2, -0.15) is 5.26 Å². The van der Waals surface area contributed by atoms with Crippen LogP contribution < -0.4 is 0 Å². The van der Waals surface area contributed by atoms with Crippen molar-refractivity contribution in [2.75, 3.05) is 0 Å². The van der Waals surface area contributed by atoms with Gasteiger partial charge in [-0.25, -0.2) is 0 Å². The van der Waals surface area contributed by atoms with Crippen LogP contribution in [0.25, 0.3) is 0 Å². The first kappa shape index (κ1) is 12.3. The zero-order chi connectivity index (χ0) is 12.6. The molecule has 0 spiro atoms. The van der Waals surface area contributed by atoms with Gasteiger partial charge in [-0.05, 0) is 36.3 Å². The molecule has 0 saturated heterocycles. The van der Waals surface area contributed by atoms with Gasteiger partial charge in [0, 0.05) is 11.6 Å². The molecule has 0 aliphatic heterocycles. The quantitative estimate of drug-likeness (QED) is 0.752. The van der Waals surface area contributed by atoms with Gasteiger partial charge in [0.05, 0.1) is 5.56 Å². The first-order valence-corrected chi connectivity index (χ1v) is 6.62. The predicted molar refractivity (Wildman–Crippen MR) is 71.6 cm³/mol. The highest BCUT2D eigenvalue weighted by Gasteiger charge is 2.28. The first-order valence-electron chi connectivity index (χ1n) is 6.21. The number of aromatic nitrogens is 1. The number of hydrogen-bond donors (Lipinski definition) is 1. The largest absolute Gasteiger partial charge is 0.348 e. The van der Waals surface area contributed by atoms with Crippen LogP contribution in [0, 0.1) is 21.9 Å². The topological polar surface area (TPSA) is 39.6 Å². The van der Waals surface area contributed by atoms with Crippen molar-refractivity contribution in [3.63, 3.8) is 0 Å². The molecule has 0 saturated carbocycles. The number of H-pyrrole nitrogens is 1. The lowest BCUT2D eigenvalue weighted by molar-refractivity contribution is 0.400. The average molecular weight is 246 g/mol. The number of rotatable bonds is 1. The van der Waals surface area contributed by atoms with Crippen LogP contribution in [-0.4, -0.2) is 4.98 Å². The fraction of sp³-hybridized carbons (Fsp3) is 0.571. The van der Waals surface area contributed by atoms with E-state index in [0.29, 0.717) is 28.0 Å². The van der Waals surface area contributed by atoms with Gasteiger partial charge in [-0.1, -0.05) is 33.0 Å². The van der Waals surface area contributed by atoms with Gasteiger partial charge < -0.3 is 4.98 Å². The molecule has 90 valence electrons. The Kier molecular flexibility index (Phi) is 3.35. The highest BCUT2D eigenvalue weighted by molar-refractivity contribution is 7.71. The smallest absolute Gasteiger partial charge is 0.121 e. The number of aromatic amines is 1. The summed E-state index contributed by atoms with van der Waals surface area (Å²) in [5.74, 6) is 1.69. The molecule has 0 unspecified atom stereocenters. The van der Waals surface area contributed by atoms with E-state index in [1.54, 1.807) is 0 Å². The third-order valence-electron chi connectivity index (χ3n) is 3.84. The summed E-state index contributed by atoms with van der Waals surface area (Å²) in [7, 11) is 0. The summed E-state index contributed by atoms with van der Waals surface area (Å²) in [5, 5.41) is 9.04. The molecule has 0 radical (unpaired) electrons. The van der Waals surface area contributed by atoms with Crippen LogP contribution in [0.1, 0.15) is 62.3 Å². The van der Waals surface area contributed by atoms with E-state index >= 15 is 0 Å². The van der Waals surface area contributed by atoms with Crippen LogP contribution in [0.15, 0.2) is 6.07 Å². The minimum Gasteiger partial charge on any atom is -0.348 e. The number of nitriles is 1. The van der Waals surface area contributed by atoms with E-state index < -0.39 is 0 Å². The zero-order valence-corrected chi connectivity index (χ0v) is 11.4. The first-order chi connectivity index (χ1) is 8.04. The van der Waals surface area contributed by atoms with Crippen molar-refractivity contribution in [2.45, 2.75) is 45.4 Å². The molecule has 0 amide bonds. The summed E-state index contributed by atoms with van der Waals surface area (Å²) in [6.45, 7) is 6.73. The SMILES string of the molecule is CC(C)[C@@H]1CC[C@H](C)c2cc(C#N)c(=S)[nH]c21. The third-order valence-corrected chi connectivity index (χ3v) is 4.16. The minimum atomic E-state index is 0.527. The van der Waals surface area contributed by atoms with E-state index in [1.807, 2.05) is 6.07 Å². The molecule has 2 atom stereocenters. The number of nitrogens with zero attached hydrogens (tertiary/aromatic N) is 1. The molecule has 2 rings (SSSR count). The van der Waals surface area contributed by atoms with Crippen molar-refractivity contribution in [3.05, 3.63) is 27.5 Å². The highest BCUT2D eigenvalue weighted by Crippen LogP contribution is 2.41. The molecule has 2 nitrogen and oxygen atoms in total. The molecule has 1 aliphatic rings. The number of fused-ring (bicyclic) bond motifs is 1. The fourth-order valence-electron chi connectivity index (χ4n) is 2.75. The lowest BCUT2D eigenvalue weighted by atomic mass is 9.75. The van der Waals surface area contributed by atoms with Gasteiger partial charge in [-0.3, -0.25) is 0 Å². The van der Waals surface area contributed by atoms with E-state index in [2.05, 4.69) is 31.8 Å². The number of nitrogens with one attached hydrogen (secondary N) is 1. The molecule has 1 N–H and O–H groups in total. The van der Waals surface area contributed by atoms with Crippen molar-refractivity contribution in [3.8, 4) is 6.07 Å². The molecule has 0 aromatic carbocycles. The molecule has 1 aliphatic carbocycles. The maximum atomic E-state index is 9.04. The van der Waals surface area contributed by atoms with Crippen molar-refractivity contribution in [1.29, 1.82) is 5.26 Å². The van der Waals surface area contributed by atoms with E-state index in [-0.39, 0.29) is 0 Å². The normalized spacial score (nSPS) is 23.2. The van der Waals surface area contributed by atoms with Crippen molar-refractivity contribution >= 4 is 12.2 Å².